The van der Waals surface area contributed by atoms with Gasteiger partial charge in [-0.1, -0.05) is 30.3 Å². The highest BCUT2D eigenvalue weighted by Gasteiger charge is 1.96. The lowest BCUT2D eigenvalue weighted by atomic mass is 10.2. The van der Waals surface area contributed by atoms with Gasteiger partial charge in [-0.2, -0.15) is 0 Å². The van der Waals surface area contributed by atoms with Gasteiger partial charge in [-0.25, -0.2) is 0 Å². The van der Waals surface area contributed by atoms with Crippen molar-refractivity contribution in [1.29, 1.82) is 0 Å². The maximum atomic E-state index is 8.72. The molecule has 3 rings (SSSR count). The Balaban J connectivity index is 0.000000203. The van der Waals surface area contributed by atoms with Gasteiger partial charge in [0.2, 0.25) is 0 Å². The van der Waals surface area contributed by atoms with Gasteiger partial charge in [0.05, 0.1) is 12.4 Å². The summed E-state index contributed by atoms with van der Waals surface area (Å²) in [6.07, 6.45) is 6.42. The number of pyridine rings is 2. The second-order valence-electron chi connectivity index (χ2n) is 4.47. The van der Waals surface area contributed by atoms with Crippen LogP contribution in [0.25, 0.3) is 0 Å². The van der Waals surface area contributed by atoms with Crippen molar-refractivity contribution in [3.8, 4) is 11.5 Å². The summed E-state index contributed by atoms with van der Waals surface area (Å²) in [6.45, 7) is 0.568. The molecule has 0 aliphatic rings. The molecule has 3 aromatic rings. The molecular weight excluding hydrogens is 424 g/mol. The zero-order valence-electron chi connectivity index (χ0n) is 12.1. The molecule has 1 aromatic carbocycles. The molecule has 0 atom stereocenters. The first-order valence-corrected chi connectivity index (χ1v) is 8.29. The molecule has 4 nitrogen and oxygen atoms in total. The van der Waals surface area contributed by atoms with Gasteiger partial charge < -0.3 is 9.84 Å². The minimum absolute atomic E-state index is 0.180. The van der Waals surface area contributed by atoms with Crippen molar-refractivity contribution in [2.75, 3.05) is 0 Å². The first kappa shape index (κ1) is 17.4. The average Bonchev–Trinajstić information content (AvgIpc) is 2.54. The summed E-state index contributed by atoms with van der Waals surface area (Å²) in [6, 6.07) is 13.5. The fraction of sp³-hybridized carbons (Fsp3) is 0.0588. The summed E-state index contributed by atoms with van der Waals surface area (Å²) >= 11 is 6.49. The van der Waals surface area contributed by atoms with Crippen LogP contribution in [0.4, 0.5) is 0 Å². The van der Waals surface area contributed by atoms with Gasteiger partial charge in [-0.3, -0.25) is 9.97 Å². The Bertz CT molecular complexity index is 722. The van der Waals surface area contributed by atoms with E-state index in [2.05, 4.69) is 41.8 Å². The minimum Gasteiger partial charge on any atom is -0.506 e. The van der Waals surface area contributed by atoms with Crippen LogP contribution >= 0.6 is 31.9 Å². The number of hydrogen-bond donors (Lipinski definition) is 1. The van der Waals surface area contributed by atoms with E-state index in [0.717, 1.165) is 20.3 Å². The predicted octanol–water partition coefficient (Wildman–Crippen LogP) is 4.97. The number of ether oxygens (including phenoxy) is 1. The molecule has 0 saturated heterocycles. The lowest BCUT2D eigenvalue weighted by Crippen LogP contribution is -1.95. The third-order valence-electron chi connectivity index (χ3n) is 2.62. The highest BCUT2D eigenvalue weighted by Crippen LogP contribution is 2.17. The standard InChI is InChI=1S/C12H10BrNO.C5H4BrNO/c13-11-6-12(8-14-7-11)15-9-10-4-2-1-3-5-10;6-4-1-5(8)3-7-2-4/h1-8H,9H2;1-3,8H. The van der Waals surface area contributed by atoms with Gasteiger partial charge in [-0.05, 0) is 49.6 Å². The second-order valence-corrected chi connectivity index (χ2v) is 6.31. The van der Waals surface area contributed by atoms with Crippen LogP contribution in [0.2, 0.25) is 0 Å². The summed E-state index contributed by atoms with van der Waals surface area (Å²) in [4.78, 5) is 7.71. The number of nitrogens with zero attached hydrogens (tertiary/aromatic N) is 2. The van der Waals surface area contributed by atoms with Crippen LogP contribution in [0.15, 0.2) is 76.2 Å². The number of aromatic hydroxyl groups is 1. The van der Waals surface area contributed by atoms with Gasteiger partial charge in [0, 0.05) is 21.3 Å². The average molecular weight is 438 g/mol. The molecule has 23 heavy (non-hydrogen) atoms. The van der Waals surface area contributed by atoms with E-state index in [4.69, 9.17) is 9.84 Å². The second kappa shape index (κ2) is 9.27. The summed E-state index contributed by atoms with van der Waals surface area (Å²) in [5, 5.41) is 8.72. The monoisotopic (exact) mass is 436 g/mol. The van der Waals surface area contributed by atoms with Crippen molar-refractivity contribution in [2.45, 2.75) is 6.61 Å². The van der Waals surface area contributed by atoms with Crippen LogP contribution in [0, 0.1) is 0 Å². The van der Waals surface area contributed by atoms with Crippen LogP contribution in [0.5, 0.6) is 11.5 Å². The molecule has 0 bridgehead atoms. The van der Waals surface area contributed by atoms with Crippen molar-refractivity contribution in [2.24, 2.45) is 0 Å². The molecular formula is C17H14Br2N2O2. The van der Waals surface area contributed by atoms with Gasteiger partial charge in [0.15, 0.2) is 0 Å². The van der Waals surface area contributed by atoms with E-state index in [1.807, 2.05) is 36.4 Å². The fourth-order valence-corrected chi connectivity index (χ4v) is 2.31. The SMILES string of the molecule is Brc1cncc(OCc2ccccc2)c1.Oc1cncc(Br)c1. The molecule has 0 saturated carbocycles. The zero-order valence-corrected chi connectivity index (χ0v) is 15.2. The van der Waals surface area contributed by atoms with E-state index in [-0.39, 0.29) is 5.75 Å². The molecule has 6 heteroatoms. The Hall–Kier alpha value is -1.92. The van der Waals surface area contributed by atoms with Crippen LogP contribution in [-0.2, 0) is 6.61 Å². The molecule has 2 aromatic heterocycles. The molecule has 0 aliphatic carbocycles. The van der Waals surface area contributed by atoms with E-state index in [1.165, 1.54) is 6.20 Å². The van der Waals surface area contributed by atoms with Crippen molar-refractivity contribution >= 4 is 31.9 Å². The number of aromatic nitrogens is 2. The summed E-state index contributed by atoms with van der Waals surface area (Å²) in [5.74, 6) is 0.951. The topological polar surface area (TPSA) is 55.2 Å². The van der Waals surface area contributed by atoms with Crippen LogP contribution in [0.1, 0.15) is 5.56 Å². The molecule has 1 N–H and O–H groups in total. The van der Waals surface area contributed by atoms with Crippen LogP contribution in [0.3, 0.4) is 0 Å². The van der Waals surface area contributed by atoms with E-state index in [9.17, 15) is 0 Å². The third-order valence-corrected chi connectivity index (χ3v) is 3.49. The molecule has 0 amide bonds. The highest BCUT2D eigenvalue weighted by molar-refractivity contribution is 9.10. The minimum atomic E-state index is 0.180. The summed E-state index contributed by atoms with van der Waals surface area (Å²) < 4.78 is 7.29. The fourth-order valence-electron chi connectivity index (χ4n) is 1.61. The molecule has 118 valence electrons. The predicted molar refractivity (Wildman–Crippen MR) is 96.3 cm³/mol. The van der Waals surface area contributed by atoms with Crippen molar-refractivity contribution in [3.05, 3.63) is 81.8 Å². The van der Waals surface area contributed by atoms with E-state index in [1.54, 1.807) is 24.7 Å². The molecule has 0 aliphatic heterocycles. The molecule has 0 radical (unpaired) electrons. The number of rotatable bonds is 3. The van der Waals surface area contributed by atoms with Gasteiger partial charge in [0.25, 0.3) is 0 Å². The van der Waals surface area contributed by atoms with Crippen molar-refractivity contribution in [3.63, 3.8) is 0 Å². The Labute approximate surface area is 151 Å². The smallest absolute Gasteiger partial charge is 0.139 e. The lowest BCUT2D eigenvalue weighted by molar-refractivity contribution is 0.305. The van der Waals surface area contributed by atoms with Crippen LogP contribution < -0.4 is 4.74 Å². The normalized spacial score (nSPS) is 9.65. The number of halogens is 2. The van der Waals surface area contributed by atoms with Crippen molar-refractivity contribution in [1.82, 2.24) is 9.97 Å². The highest BCUT2D eigenvalue weighted by atomic mass is 79.9. The van der Waals surface area contributed by atoms with Crippen LogP contribution in [-0.4, -0.2) is 15.1 Å². The Kier molecular flexibility index (Phi) is 7.03. The largest absolute Gasteiger partial charge is 0.506 e. The van der Waals surface area contributed by atoms with Gasteiger partial charge >= 0.3 is 0 Å². The summed E-state index contributed by atoms with van der Waals surface area (Å²) in [7, 11) is 0. The van der Waals surface area contributed by atoms with E-state index < -0.39 is 0 Å². The maximum Gasteiger partial charge on any atom is 0.139 e. The number of hydrogen-bond acceptors (Lipinski definition) is 4. The first-order chi connectivity index (χ1) is 11.1. The lowest BCUT2D eigenvalue weighted by Gasteiger charge is -2.05. The Morgan fingerprint density at radius 3 is 2.09 bits per heavy atom. The third kappa shape index (κ3) is 6.80. The summed E-state index contributed by atoms with van der Waals surface area (Å²) in [5.41, 5.74) is 1.15. The van der Waals surface area contributed by atoms with Crippen molar-refractivity contribution < 1.29 is 9.84 Å². The molecule has 0 unspecified atom stereocenters. The maximum absolute atomic E-state index is 8.72. The van der Waals surface area contributed by atoms with Gasteiger partial charge in [0.1, 0.15) is 18.1 Å². The quantitative estimate of drug-likeness (QED) is 0.628. The number of benzene rings is 1. The van der Waals surface area contributed by atoms with Gasteiger partial charge in [-0.15, -0.1) is 0 Å². The van der Waals surface area contributed by atoms with E-state index in [0.29, 0.717) is 6.61 Å². The molecule has 0 spiro atoms. The zero-order chi connectivity index (χ0) is 16.5. The Morgan fingerprint density at radius 1 is 0.870 bits per heavy atom. The first-order valence-electron chi connectivity index (χ1n) is 6.70. The van der Waals surface area contributed by atoms with E-state index >= 15 is 0 Å². The Morgan fingerprint density at radius 2 is 1.52 bits per heavy atom. The molecule has 0 fully saturated rings. The molecule has 2 heterocycles.